The molecule has 0 fully saturated rings. The van der Waals surface area contributed by atoms with Gasteiger partial charge in [-0.2, -0.15) is 5.10 Å². The molecule has 2 aromatic heterocycles. The van der Waals surface area contributed by atoms with E-state index >= 15 is 0 Å². The normalized spacial score (nSPS) is 10.4. The molecule has 1 aromatic carbocycles. The van der Waals surface area contributed by atoms with Crippen LogP contribution in [0.4, 0.5) is 5.95 Å². The van der Waals surface area contributed by atoms with E-state index in [1.807, 2.05) is 41.2 Å². The number of aromatic nitrogens is 4. The summed E-state index contributed by atoms with van der Waals surface area (Å²) >= 11 is 5.76. The van der Waals surface area contributed by atoms with Crippen molar-refractivity contribution in [2.45, 2.75) is 6.54 Å². The van der Waals surface area contributed by atoms with Crippen LogP contribution in [0, 0.1) is 0 Å². The van der Waals surface area contributed by atoms with Gasteiger partial charge in [0.1, 0.15) is 0 Å². The average Bonchev–Trinajstić information content (AvgIpc) is 3.01. The summed E-state index contributed by atoms with van der Waals surface area (Å²) in [7, 11) is 0. The van der Waals surface area contributed by atoms with Gasteiger partial charge in [-0.1, -0.05) is 29.8 Å². The highest BCUT2D eigenvalue weighted by atomic mass is 35.5. The Kier molecular flexibility index (Phi) is 3.60. The second-order valence-corrected chi connectivity index (χ2v) is 4.59. The van der Waals surface area contributed by atoms with E-state index < -0.39 is 0 Å². The maximum Gasteiger partial charge on any atom is 0.222 e. The average molecular weight is 286 g/mol. The zero-order valence-electron chi connectivity index (χ0n) is 10.6. The van der Waals surface area contributed by atoms with E-state index in [-0.39, 0.29) is 0 Å². The van der Waals surface area contributed by atoms with Crippen molar-refractivity contribution in [2.75, 3.05) is 5.32 Å². The van der Waals surface area contributed by atoms with Crippen molar-refractivity contribution in [3.63, 3.8) is 0 Å². The predicted molar refractivity (Wildman–Crippen MR) is 77.9 cm³/mol. The van der Waals surface area contributed by atoms with Crippen LogP contribution in [0.5, 0.6) is 0 Å². The van der Waals surface area contributed by atoms with Crippen molar-refractivity contribution < 1.29 is 0 Å². The van der Waals surface area contributed by atoms with Crippen LogP contribution in [0.1, 0.15) is 5.56 Å². The largest absolute Gasteiger partial charge is 0.350 e. The van der Waals surface area contributed by atoms with Gasteiger partial charge in [0.05, 0.1) is 23.1 Å². The van der Waals surface area contributed by atoms with Crippen LogP contribution >= 0.6 is 11.6 Å². The van der Waals surface area contributed by atoms with E-state index in [1.54, 1.807) is 18.6 Å². The first-order valence-corrected chi connectivity index (χ1v) is 6.50. The van der Waals surface area contributed by atoms with Gasteiger partial charge in [0.25, 0.3) is 0 Å². The number of halogens is 1. The molecule has 100 valence electrons. The summed E-state index contributed by atoms with van der Waals surface area (Å²) in [5.74, 6) is 0.546. The Morgan fingerprint density at radius 1 is 1.10 bits per heavy atom. The maximum atomic E-state index is 5.76. The summed E-state index contributed by atoms with van der Waals surface area (Å²) < 4.78 is 1.83. The molecular weight excluding hydrogens is 274 g/mol. The lowest BCUT2D eigenvalue weighted by molar-refractivity contribution is 0.862. The molecule has 3 rings (SSSR count). The predicted octanol–water partition coefficient (Wildman–Crippen LogP) is 2.93. The molecule has 3 aromatic rings. The third-order valence-corrected chi connectivity index (χ3v) is 3.00. The van der Waals surface area contributed by atoms with Gasteiger partial charge in [0.15, 0.2) is 0 Å². The highest BCUT2D eigenvalue weighted by Gasteiger charge is 2.04. The first-order chi connectivity index (χ1) is 9.83. The minimum Gasteiger partial charge on any atom is -0.350 e. The Labute approximate surface area is 121 Å². The molecule has 20 heavy (non-hydrogen) atoms. The standard InChI is InChI=1S/C14H12ClN5/c15-12-9-17-14(18-10-12)16-8-11-4-1-2-5-13(11)20-7-3-6-19-20/h1-7,9-10H,8H2,(H,16,17,18). The fraction of sp³-hybridized carbons (Fsp3) is 0.0714. The van der Waals surface area contributed by atoms with Crippen molar-refractivity contribution >= 4 is 17.5 Å². The summed E-state index contributed by atoms with van der Waals surface area (Å²) in [5, 5.41) is 7.94. The Morgan fingerprint density at radius 3 is 2.65 bits per heavy atom. The molecule has 5 nitrogen and oxygen atoms in total. The summed E-state index contributed by atoms with van der Waals surface area (Å²) in [5.41, 5.74) is 2.13. The van der Waals surface area contributed by atoms with Gasteiger partial charge in [-0.25, -0.2) is 14.6 Å². The third kappa shape index (κ3) is 2.78. The van der Waals surface area contributed by atoms with Gasteiger partial charge in [0, 0.05) is 18.9 Å². The molecule has 0 amide bonds. The van der Waals surface area contributed by atoms with E-state index in [0.717, 1.165) is 11.3 Å². The van der Waals surface area contributed by atoms with Crippen LogP contribution in [0.3, 0.4) is 0 Å². The van der Waals surface area contributed by atoms with Crippen LogP contribution in [0.2, 0.25) is 5.02 Å². The Bertz CT molecular complexity index is 679. The smallest absolute Gasteiger partial charge is 0.222 e. The molecule has 0 saturated carbocycles. The number of nitrogens with zero attached hydrogens (tertiary/aromatic N) is 4. The minimum atomic E-state index is 0.521. The number of benzene rings is 1. The van der Waals surface area contributed by atoms with Gasteiger partial charge in [-0.3, -0.25) is 0 Å². The minimum absolute atomic E-state index is 0.521. The van der Waals surface area contributed by atoms with Crippen molar-refractivity contribution in [3.8, 4) is 5.69 Å². The van der Waals surface area contributed by atoms with E-state index in [1.165, 1.54) is 0 Å². The molecule has 6 heteroatoms. The summed E-state index contributed by atoms with van der Waals surface area (Å²) in [4.78, 5) is 8.22. The number of hydrogen-bond donors (Lipinski definition) is 1. The number of anilines is 1. The molecule has 2 heterocycles. The summed E-state index contributed by atoms with van der Waals surface area (Å²) in [6.07, 6.45) is 6.80. The first kappa shape index (κ1) is 12.6. The lowest BCUT2D eigenvalue weighted by atomic mass is 10.2. The number of para-hydroxylation sites is 1. The molecule has 0 unspecified atom stereocenters. The molecule has 0 atom stereocenters. The second kappa shape index (κ2) is 5.71. The van der Waals surface area contributed by atoms with Crippen LogP contribution in [-0.2, 0) is 6.54 Å². The van der Waals surface area contributed by atoms with Gasteiger partial charge >= 0.3 is 0 Å². The second-order valence-electron chi connectivity index (χ2n) is 4.16. The van der Waals surface area contributed by atoms with E-state index in [2.05, 4.69) is 20.4 Å². The van der Waals surface area contributed by atoms with Crippen molar-refractivity contribution in [1.29, 1.82) is 0 Å². The van der Waals surface area contributed by atoms with Crippen molar-refractivity contribution in [3.05, 3.63) is 65.7 Å². The molecule has 0 spiro atoms. The van der Waals surface area contributed by atoms with Crippen LogP contribution in [0.15, 0.2) is 55.1 Å². The van der Waals surface area contributed by atoms with Gasteiger partial charge < -0.3 is 5.32 Å². The molecule has 0 saturated heterocycles. The van der Waals surface area contributed by atoms with Gasteiger partial charge in [-0.15, -0.1) is 0 Å². The molecule has 0 aliphatic carbocycles. The molecule has 1 N–H and O–H groups in total. The Balaban J connectivity index is 1.79. The summed E-state index contributed by atoms with van der Waals surface area (Å²) in [6.45, 7) is 0.609. The fourth-order valence-electron chi connectivity index (χ4n) is 1.87. The van der Waals surface area contributed by atoms with Crippen LogP contribution in [-0.4, -0.2) is 19.7 Å². The number of nitrogens with one attached hydrogen (secondary N) is 1. The quantitative estimate of drug-likeness (QED) is 0.801. The lowest BCUT2D eigenvalue weighted by Crippen LogP contribution is -2.07. The van der Waals surface area contributed by atoms with Crippen molar-refractivity contribution in [2.24, 2.45) is 0 Å². The number of rotatable bonds is 4. The van der Waals surface area contributed by atoms with E-state index in [4.69, 9.17) is 11.6 Å². The van der Waals surface area contributed by atoms with Crippen molar-refractivity contribution in [1.82, 2.24) is 19.7 Å². The monoisotopic (exact) mass is 285 g/mol. The molecular formula is C14H12ClN5. The van der Waals surface area contributed by atoms with Gasteiger partial charge in [-0.05, 0) is 17.7 Å². The highest BCUT2D eigenvalue weighted by molar-refractivity contribution is 6.30. The van der Waals surface area contributed by atoms with E-state index in [9.17, 15) is 0 Å². The van der Waals surface area contributed by atoms with Crippen LogP contribution in [0.25, 0.3) is 5.69 Å². The molecule has 0 radical (unpaired) electrons. The topological polar surface area (TPSA) is 55.6 Å². The van der Waals surface area contributed by atoms with Crippen LogP contribution < -0.4 is 5.32 Å². The Morgan fingerprint density at radius 2 is 1.90 bits per heavy atom. The number of hydrogen-bond acceptors (Lipinski definition) is 4. The fourth-order valence-corrected chi connectivity index (χ4v) is 1.97. The molecule has 0 bridgehead atoms. The Hall–Kier alpha value is -2.40. The highest BCUT2D eigenvalue weighted by Crippen LogP contribution is 2.15. The third-order valence-electron chi connectivity index (χ3n) is 2.80. The first-order valence-electron chi connectivity index (χ1n) is 6.12. The maximum absolute atomic E-state index is 5.76. The summed E-state index contributed by atoms with van der Waals surface area (Å²) in [6, 6.07) is 9.94. The molecule has 0 aliphatic heterocycles. The molecule has 0 aliphatic rings. The lowest BCUT2D eigenvalue weighted by Gasteiger charge is -2.10. The SMILES string of the molecule is Clc1cnc(NCc2ccccc2-n2cccn2)nc1. The van der Waals surface area contributed by atoms with Gasteiger partial charge in [0.2, 0.25) is 5.95 Å². The van der Waals surface area contributed by atoms with E-state index in [0.29, 0.717) is 17.5 Å². The zero-order valence-corrected chi connectivity index (χ0v) is 11.3. The zero-order chi connectivity index (χ0) is 13.8.